The lowest BCUT2D eigenvalue weighted by atomic mass is 10.0. The van der Waals surface area contributed by atoms with Crippen LogP contribution in [0.15, 0.2) is 36.4 Å². The van der Waals surface area contributed by atoms with Gasteiger partial charge in [-0.25, -0.2) is 0 Å². The fourth-order valence-electron chi connectivity index (χ4n) is 1.86. The van der Waals surface area contributed by atoms with Gasteiger partial charge in [-0.05, 0) is 28.5 Å². The predicted octanol–water partition coefficient (Wildman–Crippen LogP) is 2.14. The van der Waals surface area contributed by atoms with Gasteiger partial charge >= 0.3 is 0 Å². The maximum absolute atomic E-state index is 11.4. The SMILES string of the molecule is CNC(=O)Cc1cccc2ccc(OC)cc12. The number of nitrogens with one attached hydrogen (secondary N) is 1. The van der Waals surface area contributed by atoms with E-state index in [4.69, 9.17) is 4.74 Å². The molecule has 0 aliphatic heterocycles. The second-order valence-corrected chi connectivity index (χ2v) is 3.85. The smallest absolute Gasteiger partial charge is 0.224 e. The molecule has 0 heterocycles. The average molecular weight is 229 g/mol. The highest BCUT2D eigenvalue weighted by atomic mass is 16.5. The number of methoxy groups -OCH3 is 1. The Morgan fingerprint density at radius 2 is 2.12 bits per heavy atom. The summed E-state index contributed by atoms with van der Waals surface area (Å²) in [5.74, 6) is 0.821. The molecular formula is C14H15NO2. The molecule has 0 fully saturated rings. The Hall–Kier alpha value is -2.03. The molecule has 0 unspecified atom stereocenters. The maximum Gasteiger partial charge on any atom is 0.224 e. The first-order valence-electron chi connectivity index (χ1n) is 5.51. The van der Waals surface area contributed by atoms with Crippen molar-refractivity contribution in [3.63, 3.8) is 0 Å². The van der Waals surface area contributed by atoms with Crippen molar-refractivity contribution in [3.8, 4) is 5.75 Å². The van der Waals surface area contributed by atoms with E-state index in [0.29, 0.717) is 6.42 Å². The molecule has 0 saturated heterocycles. The van der Waals surface area contributed by atoms with Gasteiger partial charge in [0.25, 0.3) is 0 Å². The van der Waals surface area contributed by atoms with Crippen molar-refractivity contribution in [2.75, 3.05) is 14.2 Å². The van der Waals surface area contributed by atoms with Crippen molar-refractivity contribution < 1.29 is 9.53 Å². The van der Waals surface area contributed by atoms with E-state index < -0.39 is 0 Å². The third-order valence-corrected chi connectivity index (χ3v) is 2.81. The van der Waals surface area contributed by atoms with Crippen molar-refractivity contribution in [3.05, 3.63) is 42.0 Å². The zero-order chi connectivity index (χ0) is 12.3. The number of hydrogen-bond donors (Lipinski definition) is 1. The molecule has 3 heteroatoms. The number of carbonyl (C=O) groups is 1. The second kappa shape index (κ2) is 4.87. The molecule has 0 spiro atoms. The number of carbonyl (C=O) groups excluding carboxylic acids is 1. The summed E-state index contributed by atoms with van der Waals surface area (Å²) in [5.41, 5.74) is 1.01. The van der Waals surface area contributed by atoms with E-state index in [1.54, 1.807) is 14.2 Å². The number of hydrogen-bond acceptors (Lipinski definition) is 2. The first-order chi connectivity index (χ1) is 8.24. The van der Waals surface area contributed by atoms with Crippen LogP contribution < -0.4 is 10.1 Å². The molecule has 2 rings (SSSR count). The first-order valence-corrected chi connectivity index (χ1v) is 5.51. The van der Waals surface area contributed by atoms with Crippen LogP contribution in [0.3, 0.4) is 0 Å². The fourth-order valence-corrected chi connectivity index (χ4v) is 1.86. The largest absolute Gasteiger partial charge is 0.497 e. The molecule has 0 radical (unpaired) electrons. The molecule has 0 saturated carbocycles. The summed E-state index contributed by atoms with van der Waals surface area (Å²) in [4.78, 5) is 11.4. The summed E-state index contributed by atoms with van der Waals surface area (Å²) in [6, 6.07) is 11.9. The van der Waals surface area contributed by atoms with Crippen LogP contribution in [0.5, 0.6) is 5.75 Å². The highest BCUT2D eigenvalue weighted by molar-refractivity contribution is 5.91. The fraction of sp³-hybridized carbons (Fsp3) is 0.214. The topological polar surface area (TPSA) is 38.3 Å². The normalized spacial score (nSPS) is 10.2. The molecule has 0 atom stereocenters. The molecule has 3 nitrogen and oxygen atoms in total. The molecule has 1 amide bonds. The number of benzene rings is 2. The lowest BCUT2D eigenvalue weighted by Gasteiger charge is -2.07. The molecular weight excluding hydrogens is 214 g/mol. The van der Waals surface area contributed by atoms with E-state index in [1.807, 2.05) is 36.4 Å². The van der Waals surface area contributed by atoms with E-state index in [0.717, 1.165) is 22.1 Å². The lowest BCUT2D eigenvalue weighted by Crippen LogP contribution is -2.19. The Morgan fingerprint density at radius 1 is 1.29 bits per heavy atom. The Morgan fingerprint density at radius 3 is 2.82 bits per heavy atom. The van der Waals surface area contributed by atoms with Crippen LogP contribution in [0.4, 0.5) is 0 Å². The zero-order valence-corrected chi connectivity index (χ0v) is 9.99. The van der Waals surface area contributed by atoms with Crippen LogP contribution in [-0.2, 0) is 11.2 Å². The Kier molecular flexibility index (Phi) is 3.28. The molecule has 0 aromatic heterocycles. The van der Waals surface area contributed by atoms with Gasteiger partial charge in [0.05, 0.1) is 13.5 Å². The van der Waals surface area contributed by atoms with Crippen LogP contribution in [0.1, 0.15) is 5.56 Å². The monoisotopic (exact) mass is 229 g/mol. The average Bonchev–Trinajstić information content (AvgIpc) is 2.38. The van der Waals surface area contributed by atoms with Gasteiger partial charge in [0.15, 0.2) is 0 Å². The van der Waals surface area contributed by atoms with Gasteiger partial charge in [-0.1, -0.05) is 24.3 Å². The summed E-state index contributed by atoms with van der Waals surface area (Å²) in [6.07, 6.45) is 0.390. The quantitative estimate of drug-likeness (QED) is 0.875. The summed E-state index contributed by atoms with van der Waals surface area (Å²) in [5, 5.41) is 4.82. The highest BCUT2D eigenvalue weighted by Crippen LogP contribution is 2.24. The highest BCUT2D eigenvalue weighted by Gasteiger charge is 2.06. The van der Waals surface area contributed by atoms with Crippen LogP contribution >= 0.6 is 0 Å². The number of amides is 1. The third-order valence-electron chi connectivity index (χ3n) is 2.81. The minimum absolute atomic E-state index is 0.0142. The number of fused-ring (bicyclic) bond motifs is 1. The van der Waals surface area contributed by atoms with Gasteiger partial charge < -0.3 is 10.1 Å². The summed E-state index contributed by atoms with van der Waals surface area (Å²) in [6.45, 7) is 0. The van der Waals surface area contributed by atoms with Crippen LogP contribution in [0, 0.1) is 0 Å². The van der Waals surface area contributed by atoms with E-state index in [2.05, 4.69) is 5.32 Å². The second-order valence-electron chi connectivity index (χ2n) is 3.85. The van der Waals surface area contributed by atoms with Crippen LogP contribution in [0.2, 0.25) is 0 Å². The first kappa shape index (κ1) is 11.5. The van der Waals surface area contributed by atoms with E-state index in [1.165, 1.54) is 0 Å². The molecule has 0 aliphatic rings. The summed E-state index contributed by atoms with van der Waals surface area (Å²) >= 11 is 0. The maximum atomic E-state index is 11.4. The molecule has 88 valence electrons. The lowest BCUT2D eigenvalue weighted by molar-refractivity contribution is -0.119. The van der Waals surface area contributed by atoms with Gasteiger partial charge in [0.1, 0.15) is 5.75 Å². The Bertz CT molecular complexity index is 549. The molecule has 2 aromatic rings. The van der Waals surface area contributed by atoms with Gasteiger partial charge in [-0.3, -0.25) is 4.79 Å². The standard InChI is InChI=1S/C14H15NO2/c1-15-14(16)8-11-5-3-4-10-6-7-12(17-2)9-13(10)11/h3-7,9H,8H2,1-2H3,(H,15,16). The van der Waals surface area contributed by atoms with Gasteiger partial charge in [0, 0.05) is 7.05 Å². The number of ether oxygens (including phenoxy) is 1. The molecule has 0 bridgehead atoms. The minimum Gasteiger partial charge on any atom is -0.497 e. The van der Waals surface area contributed by atoms with Gasteiger partial charge in [0.2, 0.25) is 5.91 Å². The van der Waals surface area contributed by atoms with E-state index in [-0.39, 0.29) is 5.91 Å². The third kappa shape index (κ3) is 2.38. The van der Waals surface area contributed by atoms with E-state index in [9.17, 15) is 4.79 Å². The number of likely N-dealkylation sites (N-methyl/N-ethyl adjacent to an activating group) is 1. The molecule has 1 N–H and O–H groups in total. The van der Waals surface area contributed by atoms with Crippen LogP contribution in [-0.4, -0.2) is 20.1 Å². The van der Waals surface area contributed by atoms with Crippen molar-refractivity contribution in [1.82, 2.24) is 5.32 Å². The van der Waals surface area contributed by atoms with Crippen molar-refractivity contribution in [2.45, 2.75) is 6.42 Å². The molecule has 0 aliphatic carbocycles. The van der Waals surface area contributed by atoms with Crippen molar-refractivity contribution in [2.24, 2.45) is 0 Å². The Labute approximate surface area is 100 Å². The predicted molar refractivity (Wildman–Crippen MR) is 68.3 cm³/mol. The van der Waals surface area contributed by atoms with Gasteiger partial charge in [-0.2, -0.15) is 0 Å². The van der Waals surface area contributed by atoms with Crippen molar-refractivity contribution >= 4 is 16.7 Å². The van der Waals surface area contributed by atoms with Crippen molar-refractivity contribution in [1.29, 1.82) is 0 Å². The minimum atomic E-state index is 0.0142. The summed E-state index contributed by atoms with van der Waals surface area (Å²) in [7, 11) is 3.29. The molecule has 17 heavy (non-hydrogen) atoms. The molecule has 2 aromatic carbocycles. The van der Waals surface area contributed by atoms with Gasteiger partial charge in [-0.15, -0.1) is 0 Å². The van der Waals surface area contributed by atoms with Crippen LogP contribution in [0.25, 0.3) is 10.8 Å². The zero-order valence-electron chi connectivity index (χ0n) is 9.99. The van der Waals surface area contributed by atoms with E-state index >= 15 is 0 Å². The summed E-state index contributed by atoms with van der Waals surface area (Å²) < 4.78 is 5.21. The Balaban J connectivity index is 2.50. The number of rotatable bonds is 3.